The van der Waals surface area contributed by atoms with Crippen LogP contribution in [0.2, 0.25) is 5.02 Å². The Hall–Kier alpha value is -1.23. The second kappa shape index (κ2) is 7.11. The van der Waals surface area contributed by atoms with Crippen molar-refractivity contribution in [3.8, 4) is 11.8 Å². The molecule has 0 aliphatic carbocycles. The average Bonchev–Trinajstić information content (AvgIpc) is 2.23. The molecule has 1 nitrogen and oxygen atoms in total. The van der Waals surface area contributed by atoms with Gasteiger partial charge in [-0.2, -0.15) is 0 Å². The van der Waals surface area contributed by atoms with Crippen LogP contribution in [-0.2, 0) is 4.74 Å². The lowest BCUT2D eigenvalue weighted by Gasteiger charge is -1.92. The van der Waals surface area contributed by atoms with E-state index in [0.29, 0.717) is 18.2 Å². The molecular formula is C13H13ClO. The highest BCUT2D eigenvalue weighted by Crippen LogP contribution is 2.09. The van der Waals surface area contributed by atoms with Gasteiger partial charge in [0.25, 0.3) is 0 Å². The minimum Gasteiger partial charge on any atom is -0.365 e. The largest absolute Gasteiger partial charge is 0.365 e. The second-order valence-electron chi connectivity index (χ2n) is 2.90. The predicted octanol–water partition coefficient (Wildman–Crippen LogP) is 3.28. The van der Waals surface area contributed by atoms with E-state index in [2.05, 4.69) is 11.8 Å². The van der Waals surface area contributed by atoms with Crippen molar-refractivity contribution in [1.82, 2.24) is 0 Å². The summed E-state index contributed by atoms with van der Waals surface area (Å²) in [7, 11) is 0. The predicted molar refractivity (Wildman–Crippen MR) is 64.0 cm³/mol. The van der Waals surface area contributed by atoms with Gasteiger partial charge in [-0.05, 0) is 25.1 Å². The minimum absolute atomic E-state index is 0.441. The van der Waals surface area contributed by atoms with Gasteiger partial charge < -0.3 is 4.74 Å². The molecule has 0 spiro atoms. The van der Waals surface area contributed by atoms with E-state index < -0.39 is 0 Å². The molecule has 0 aromatic heterocycles. The van der Waals surface area contributed by atoms with Crippen LogP contribution in [0.1, 0.15) is 12.5 Å². The first kappa shape index (κ1) is 11.8. The average molecular weight is 221 g/mol. The van der Waals surface area contributed by atoms with Crippen LogP contribution < -0.4 is 0 Å². The summed E-state index contributed by atoms with van der Waals surface area (Å²) in [6, 6.07) is 7.47. The van der Waals surface area contributed by atoms with E-state index in [9.17, 15) is 0 Å². The molecule has 78 valence electrons. The zero-order valence-electron chi connectivity index (χ0n) is 8.66. The monoisotopic (exact) mass is 220 g/mol. The number of hydrogen-bond acceptors (Lipinski definition) is 1. The first-order chi connectivity index (χ1) is 7.33. The first-order valence-corrected chi connectivity index (χ1v) is 5.14. The van der Waals surface area contributed by atoms with Crippen LogP contribution in [0, 0.1) is 11.8 Å². The van der Waals surface area contributed by atoms with E-state index in [4.69, 9.17) is 16.3 Å². The number of benzene rings is 1. The highest BCUT2D eigenvalue weighted by molar-refractivity contribution is 6.30. The Kier molecular flexibility index (Phi) is 5.62. The van der Waals surface area contributed by atoms with E-state index in [-0.39, 0.29) is 0 Å². The highest BCUT2D eigenvalue weighted by atomic mass is 35.5. The molecule has 0 radical (unpaired) electrons. The van der Waals surface area contributed by atoms with Crippen molar-refractivity contribution in [3.05, 3.63) is 47.0 Å². The van der Waals surface area contributed by atoms with E-state index >= 15 is 0 Å². The van der Waals surface area contributed by atoms with Crippen LogP contribution in [0.5, 0.6) is 0 Å². The summed E-state index contributed by atoms with van der Waals surface area (Å²) in [4.78, 5) is 0. The molecule has 15 heavy (non-hydrogen) atoms. The Morgan fingerprint density at radius 3 is 3.07 bits per heavy atom. The number of ether oxygens (including phenoxy) is 1. The molecule has 1 rings (SSSR count). The molecule has 0 aliphatic rings. The Morgan fingerprint density at radius 2 is 2.33 bits per heavy atom. The summed E-state index contributed by atoms with van der Waals surface area (Å²) in [5.74, 6) is 5.90. The van der Waals surface area contributed by atoms with Gasteiger partial charge in [0.1, 0.15) is 6.61 Å². The molecule has 1 aromatic rings. The third kappa shape index (κ3) is 5.27. The quantitative estimate of drug-likeness (QED) is 0.432. The van der Waals surface area contributed by atoms with Crippen molar-refractivity contribution in [2.24, 2.45) is 0 Å². The zero-order valence-corrected chi connectivity index (χ0v) is 9.42. The fourth-order valence-corrected chi connectivity index (χ4v) is 1.17. The van der Waals surface area contributed by atoms with Crippen molar-refractivity contribution < 1.29 is 4.74 Å². The van der Waals surface area contributed by atoms with Crippen molar-refractivity contribution >= 4 is 11.6 Å². The number of hydrogen-bond donors (Lipinski definition) is 0. The third-order valence-electron chi connectivity index (χ3n) is 1.68. The normalized spacial score (nSPS) is 10.0. The molecule has 1 aromatic carbocycles. The van der Waals surface area contributed by atoms with Gasteiger partial charge in [0.15, 0.2) is 0 Å². The molecule has 0 saturated carbocycles. The maximum Gasteiger partial charge on any atom is 0.108 e. The lowest BCUT2D eigenvalue weighted by Crippen LogP contribution is -1.90. The topological polar surface area (TPSA) is 9.23 Å². The fourth-order valence-electron chi connectivity index (χ4n) is 0.979. The molecule has 0 aliphatic heterocycles. The van der Waals surface area contributed by atoms with Crippen LogP contribution >= 0.6 is 11.6 Å². The van der Waals surface area contributed by atoms with Crippen LogP contribution in [0.25, 0.3) is 0 Å². The molecular weight excluding hydrogens is 208 g/mol. The van der Waals surface area contributed by atoms with E-state index in [1.165, 1.54) is 0 Å². The van der Waals surface area contributed by atoms with Crippen LogP contribution in [0.4, 0.5) is 0 Å². The van der Waals surface area contributed by atoms with Gasteiger partial charge in [0, 0.05) is 10.6 Å². The van der Waals surface area contributed by atoms with Crippen LogP contribution in [-0.4, -0.2) is 13.2 Å². The Morgan fingerprint density at radius 1 is 1.47 bits per heavy atom. The summed E-state index contributed by atoms with van der Waals surface area (Å²) >= 11 is 5.82. The Balaban J connectivity index is 2.38. The maximum atomic E-state index is 5.82. The minimum atomic E-state index is 0.441. The fraction of sp³-hybridized carbons (Fsp3) is 0.231. The van der Waals surface area contributed by atoms with Gasteiger partial charge in [0.2, 0.25) is 0 Å². The van der Waals surface area contributed by atoms with E-state index in [0.717, 1.165) is 5.56 Å². The van der Waals surface area contributed by atoms with Crippen molar-refractivity contribution in [2.75, 3.05) is 13.2 Å². The van der Waals surface area contributed by atoms with Crippen LogP contribution in [0.15, 0.2) is 36.4 Å². The number of rotatable bonds is 3. The molecule has 0 heterocycles. The Labute approximate surface area is 95.7 Å². The summed E-state index contributed by atoms with van der Waals surface area (Å²) in [6.45, 7) is 3.01. The van der Waals surface area contributed by atoms with Gasteiger partial charge in [-0.15, -0.1) is 0 Å². The molecule has 0 amide bonds. The third-order valence-corrected chi connectivity index (χ3v) is 1.92. The highest BCUT2D eigenvalue weighted by Gasteiger charge is 1.87. The molecule has 0 saturated heterocycles. The summed E-state index contributed by atoms with van der Waals surface area (Å²) in [6.07, 6.45) is 3.89. The molecule has 2 heteroatoms. The van der Waals surface area contributed by atoms with Gasteiger partial charge >= 0.3 is 0 Å². The number of allylic oxidation sites excluding steroid dienone is 1. The van der Waals surface area contributed by atoms with Gasteiger partial charge in [0.05, 0.1) is 6.61 Å². The van der Waals surface area contributed by atoms with Gasteiger partial charge in [-0.25, -0.2) is 0 Å². The molecule has 0 atom stereocenters. The van der Waals surface area contributed by atoms with Gasteiger partial charge in [-0.3, -0.25) is 0 Å². The second-order valence-corrected chi connectivity index (χ2v) is 3.33. The standard InChI is InChI=1S/C13H13ClO/c1-2-3-9-15-10-5-7-12-6-4-8-13(14)11-12/h2-4,6,8,11H,9-10H2,1H3/b3-2+. The number of halogens is 1. The SMILES string of the molecule is C/C=C/COCC#Cc1cccc(Cl)c1. The first-order valence-electron chi connectivity index (χ1n) is 4.76. The Bertz CT molecular complexity index is 385. The summed E-state index contributed by atoms with van der Waals surface area (Å²) < 4.78 is 5.23. The van der Waals surface area contributed by atoms with E-state index in [1.807, 2.05) is 43.3 Å². The molecule has 0 N–H and O–H groups in total. The van der Waals surface area contributed by atoms with E-state index in [1.54, 1.807) is 0 Å². The zero-order chi connectivity index (χ0) is 10.9. The lowest BCUT2D eigenvalue weighted by molar-refractivity contribution is 0.199. The molecule has 0 fully saturated rings. The van der Waals surface area contributed by atoms with Gasteiger partial charge in [-0.1, -0.05) is 41.7 Å². The van der Waals surface area contributed by atoms with Crippen LogP contribution in [0.3, 0.4) is 0 Å². The van der Waals surface area contributed by atoms with Crippen molar-refractivity contribution in [1.29, 1.82) is 0 Å². The smallest absolute Gasteiger partial charge is 0.108 e. The van der Waals surface area contributed by atoms with Crippen molar-refractivity contribution in [2.45, 2.75) is 6.92 Å². The summed E-state index contributed by atoms with van der Waals surface area (Å²) in [5.41, 5.74) is 0.914. The molecule has 0 unspecified atom stereocenters. The van der Waals surface area contributed by atoms with Crippen molar-refractivity contribution in [3.63, 3.8) is 0 Å². The lowest BCUT2D eigenvalue weighted by atomic mass is 10.2. The molecule has 0 bridgehead atoms. The summed E-state index contributed by atoms with van der Waals surface area (Å²) in [5, 5.41) is 0.705. The maximum absolute atomic E-state index is 5.82.